The molecule has 2 rings (SSSR count). The number of nitrogens with one attached hydrogen (secondary N) is 1. The molecule has 1 amide bonds. The number of carbonyl (C=O) groups is 2. The molecule has 1 aromatic heterocycles. The fourth-order valence-corrected chi connectivity index (χ4v) is 2.54. The molecule has 7 nitrogen and oxygen atoms in total. The lowest BCUT2D eigenvalue weighted by molar-refractivity contribution is -0.141. The van der Waals surface area contributed by atoms with Gasteiger partial charge in [0.25, 0.3) is 11.5 Å². The second-order valence-corrected chi connectivity index (χ2v) is 5.30. The van der Waals surface area contributed by atoms with Crippen LogP contribution in [0.5, 0.6) is 0 Å². The number of aromatic nitrogens is 2. The Morgan fingerprint density at radius 3 is 2.81 bits per heavy atom. The number of carboxylic acid groups (broad SMARTS) is 1. The first kappa shape index (κ1) is 15.2. The van der Waals surface area contributed by atoms with Gasteiger partial charge in [-0.15, -0.1) is 0 Å². The highest BCUT2D eigenvalue weighted by Crippen LogP contribution is 2.25. The van der Waals surface area contributed by atoms with E-state index in [2.05, 4.69) is 10.4 Å². The highest BCUT2D eigenvalue weighted by molar-refractivity contribution is 5.92. The van der Waals surface area contributed by atoms with Crippen molar-refractivity contribution in [3.63, 3.8) is 0 Å². The topological polar surface area (TPSA) is 101 Å². The molecule has 0 spiro atoms. The molecule has 7 heteroatoms. The van der Waals surface area contributed by atoms with E-state index in [4.69, 9.17) is 5.11 Å². The second-order valence-electron chi connectivity index (χ2n) is 5.30. The van der Waals surface area contributed by atoms with Gasteiger partial charge in [-0.3, -0.25) is 14.4 Å². The van der Waals surface area contributed by atoms with Crippen LogP contribution in [0, 0.1) is 5.92 Å². The molecule has 1 aromatic rings. The van der Waals surface area contributed by atoms with Crippen molar-refractivity contribution in [1.29, 1.82) is 0 Å². The quantitative estimate of drug-likeness (QED) is 0.829. The van der Waals surface area contributed by atoms with E-state index in [9.17, 15) is 14.4 Å². The Kier molecular flexibility index (Phi) is 4.72. The van der Waals surface area contributed by atoms with Gasteiger partial charge in [-0.25, -0.2) is 4.68 Å². The SMILES string of the molecule is CCCn1nc(C(=O)NC2CCC(C(=O)O)C2)ccc1=O. The molecular formula is C14H19N3O4. The van der Waals surface area contributed by atoms with Crippen LogP contribution in [0.1, 0.15) is 43.1 Å². The van der Waals surface area contributed by atoms with Crippen LogP contribution in [-0.4, -0.2) is 32.8 Å². The summed E-state index contributed by atoms with van der Waals surface area (Å²) in [5.41, 5.74) is -0.0537. The van der Waals surface area contributed by atoms with Crippen LogP contribution in [-0.2, 0) is 11.3 Å². The van der Waals surface area contributed by atoms with Crippen molar-refractivity contribution in [1.82, 2.24) is 15.1 Å². The van der Waals surface area contributed by atoms with Crippen LogP contribution >= 0.6 is 0 Å². The predicted octanol–water partition coefficient (Wildman–Crippen LogP) is 0.636. The first-order valence-corrected chi connectivity index (χ1v) is 7.13. The molecule has 1 aliphatic rings. The zero-order valence-corrected chi connectivity index (χ0v) is 11.9. The fourth-order valence-electron chi connectivity index (χ4n) is 2.54. The van der Waals surface area contributed by atoms with Crippen molar-refractivity contribution in [3.8, 4) is 0 Å². The fraction of sp³-hybridized carbons (Fsp3) is 0.571. The van der Waals surface area contributed by atoms with Crippen molar-refractivity contribution >= 4 is 11.9 Å². The number of amides is 1. The Morgan fingerprint density at radius 2 is 2.19 bits per heavy atom. The lowest BCUT2D eigenvalue weighted by Gasteiger charge is -2.12. The van der Waals surface area contributed by atoms with E-state index >= 15 is 0 Å². The Morgan fingerprint density at radius 1 is 1.43 bits per heavy atom. The first-order chi connectivity index (χ1) is 10.0. The van der Waals surface area contributed by atoms with Gasteiger partial charge in [0.2, 0.25) is 0 Å². The molecule has 0 saturated heterocycles. The standard InChI is InChI=1S/C14H19N3O4/c1-2-7-17-12(18)6-5-11(16-17)13(19)15-10-4-3-9(8-10)14(20)21/h5-6,9-10H,2-4,7-8H2,1H3,(H,15,19)(H,20,21). The minimum absolute atomic E-state index is 0.146. The molecule has 1 heterocycles. The zero-order chi connectivity index (χ0) is 15.4. The largest absolute Gasteiger partial charge is 0.481 e. The third-order valence-corrected chi connectivity index (χ3v) is 3.65. The molecule has 21 heavy (non-hydrogen) atoms. The van der Waals surface area contributed by atoms with Crippen molar-refractivity contribution in [2.45, 2.75) is 45.2 Å². The Balaban J connectivity index is 2.02. The highest BCUT2D eigenvalue weighted by atomic mass is 16.4. The number of hydrogen-bond donors (Lipinski definition) is 2. The smallest absolute Gasteiger partial charge is 0.306 e. The van der Waals surface area contributed by atoms with Gasteiger partial charge in [-0.2, -0.15) is 5.10 Å². The normalized spacial score (nSPS) is 21.2. The van der Waals surface area contributed by atoms with Crippen LogP contribution in [0.2, 0.25) is 0 Å². The van der Waals surface area contributed by atoms with Gasteiger partial charge in [0, 0.05) is 18.7 Å². The average Bonchev–Trinajstić information content (AvgIpc) is 2.90. The van der Waals surface area contributed by atoms with Crippen molar-refractivity contribution in [3.05, 3.63) is 28.2 Å². The third kappa shape index (κ3) is 3.68. The molecule has 0 radical (unpaired) electrons. The van der Waals surface area contributed by atoms with Gasteiger partial charge in [0.05, 0.1) is 5.92 Å². The highest BCUT2D eigenvalue weighted by Gasteiger charge is 2.30. The zero-order valence-electron chi connectivity index (χ0n) is 11.9. The van der Waals surface area contributed by atoms with Gasteiger partial charge in [0.1, 0.15) is 5.69 Å². The number of aryl methyl sites for hydroxylation is 1. The van der Waals surface area contributed by atoms with E-state index in [1.165, 1.54) is 16.8 Å². The number of aliphatic carboxylic acids is 1. The summed E-state index contributed by atoms with van der Waals surface area (Å²) in [6.07, 6.45) is 2.41. The maximum absolute atomic E-state index is 12.1. The molecule has 2 unspecified atom stereocenters. The van der Waals surface area contributed by atoms with E-state index < -0.39 is 11.9 Å². The summed E-state index contributed by atoms with van der Waals surface area (Å²) in [7, 11) is 0. The monoisotopic (exact) mass is 293 g/mol. The second kappa shape index (κ2) is 6.51. The molecule has 0 aliphatic heterocycles. The van der Waals surface area contributed by atoms with Crippen LogP contribution in [0.15, 0.2) is 16.9 Å². The first-order valence-electron chi connectivity index (χ1n) is 7.13. The summed E-state index contributed by atoms with van der Waals surface area (Å²) >= 11 is 0. The lowest BCUT2D eigenvalue weighted by atomic mass is 10.1. The van der Waals surface area contributed by atoms with Crippen molar-refractivity contribution < 1.29 is 14.7 Å². The third-order valence-electron chi connectivity index (χ3n) is 3.65. The van der Waals surface area contributed by atoms with Gasteiger partial charge in [0.15, 0.2) is 0 Å². The molecule has 1 aliphatic carbocycles. The molecule has 0 bridgehead atoms. The molecule has 0 aromatic carbocycles. The summed E-state index contributed by atoms with van der Waals surface area (Å²) in [6, 6.07) is 2.58. The molecule has 2 atom stereocenters. The van der Waals surface area contributed by atoms with E-state index in [1.54, 1.807) is 0 Å². The summed E-state index contributed by atoms with van der Waals surface area (Å²) < 4.78 is 1.27. The molecule has 114 valence electrons. The maximum atomic E-state index is 12.1. The van der Waals surface area contributed by atoms with Gasteiger partial charge in [-0.05, 0) is 31.7 Å². The molecule has 2 N–H and O–H groups in total. The summed E-state index contributed by atoms with van der Waals surface area (Å²) in [4.78, 5) is 34.6. The number of nitrogens with zero attached hydrogens (tertiary/aromatic N) is 2. The van der Waals surface area contributed by atoms with E-state index in [0.717, 1.165) is 6.42 Å². The Hall–Kier alpha value is -2.18. The van der Waals surface area contributed by atoms with Crippen LogP contribution in [0.25, 0.3) is 0 Å². The average molecular weight is 293 g/mol. The van der Waals surface area contributed by atoms with Crippen LogP contribution in [0.3, 0.4) is 0 Å². The number of carbonyl (C=O) groups excluding carboxylic acids is 1. The van der Waals surface area contributed by atoms with Crippen molar-refractivity contribution in [2.24, 2.45) is 5.92 Å². The minimum atomic E-state index is -0.818. The van der Waals surface area contributed by atoms with Gasteiger partial charge in [-0.1, -0.05) is 6.92 Å². The van der Waals surface area contributed by atoms with Crippen molar-refractivity contribution in [2.75, 3.05) is 0 Å². The summed E-state index contributed by atoms with van der Waals surface area (Å²) in [5.74, 6) is -1.57. The number of rotatable bonds is 5. The molecule has 1 fully saturated rings. The van der Waals surface area contributed by atoms with E-state index in [0.29, 0.717) is 25.8 Å². The minimum Gasteiger partial charge on any atom is -0.481 e. The Labute approximate surface area is 122 Å². The number of carboxylic acids is 1. The summed E-state index contributed by atoms with van der Waals surface area (Å²) in [6.45, 7) is 2.38. The Bertz CT molecular complexity index is 596. The molecular weight excluding hydrogens is 274 g/mol. The van der Waals surface area contributed by atoms with E-state index in [1.807, 2.05) is 6.92 Å². The predicted molar refractivity (Wildman–Crippen MR) is 75.0 cm³/mol. The number of hydrogen-bond acceptors (Lipinski definition) is 4. The lowest BCUT2D eigenvalue weighted by Crippen LogP contribution is -2.35. The van der Waals surface area contributed by atoms with Crippen LogP contribution < -0.4 is 10.9 Å². The van der Waals surface area contributed by atoms with Crippen LogP contribution in [0.4, 0.5) is 0 Å². The molecule has 1 saturated carbocycles. The maximum Gasteiger partial charge on any atom is 0.306 e. The summed E-state index contributed by atoms with van der Waals surface area (Å²) in [5, 5.41) is 15.8. The van der Waals surface area contributed by atoms with Gasteiger partial charge < -0.3 is 10.4 Å². The van der Waals surface area contributed by atoms with Gasteiger partial charge >= 0.3 is 5.97 Å². The van der Waals surface area contributed by atoms with E-state index in [-0.39, 0.29) is 23.2 Å².